The second kappa shape index (κ2) is 6.52. The predicted octanol–water partition coefficient (Wildman–Crippen LogP) is 5.21. The van der Waals surface area contributed by atoms with Crippen LogP contribution in [0.3, 0.4) is 0 Å². The van der Waals surface area contributed by atoms with Gasteiger partial charge in [-0.2, -0.15) is 0 Å². The lowest BCUT2D eigenvalue weighted by Crippen LogP contribution is -2.12. The topological polar surface area (TPSA) is 12.0 Å². The van der Waals surface area contributed by atoms with Crippen molar-refractivity contribution in [2.75, 3.05) is 0 Å². The summed E-state index contributed by atoms with van der Waals surface area (Å²) in [6.45, 7) is 3.73. The average Bonchev–Trinajstić information content (AvgIpc) is 3.13. The molecule has 0 aliphatic carbocycles. The summed E-state index contributed by atoms with van der Waals surface area (Å²) in [7, 11) is 0. The van der Waals surface area contributed by atoms with Gasteiger partial charge in [-0.05, 0) is 53.1 Å². The van der Waals surface area contributed by atoms with Gasteiger partial charge < -0.3 is 5.32 Å². The molecule has 1 aromatic carbocycles. The summed E-state index contributed by atoms with van der Waals surface area (Å²) in [4.78, 5) is 2.33. The van der Waals surface area contributed by atoms with Crippen LogP contribution in [0.15, 0.2) is 47.2 Å². The third-order valence-corrected chi connectivity index (χ3v) is 5.33. The monoisotopic (exact) mass is 317 g/mol. The van der Waals surface area contributed by atoms with E-state index in [2.05, 4.69) is 23.7 Å². The summed E-state index contributed by atoms with van der Waals surface area (Å²) >= 11 is 3.33. The Labute approximate surface area is 132 Å². The minimum absolute atomic E-state index is 0.157. The zero-order chi connectivity index (χ0) is 14.7. The van der Waals surface area contributed by atoms with Gasteiger partial charge in [-0.25, -0.2) is 4.39 Å². The van der Waals surface area contributed by atoms with E-state index in [4.69, 9.17) is 0 Å². The van der Waals surface area contributed by atoms with Crippen LogP contribution >= 0.6 is 22.7 Å². The Bertz CT molecular complexity index is 716. The second-order valence-electron chi connectivity index (χ2n) is 4.92. The van der Waals surface area contributed by atoms with Crippen LogP contribution in [0.5, 0.6) is 0 Å². The Kier molecular flexibility index (Phi) is 4.48. The molecule has 0 aliphatic heterocycles. The van der Waals surface area contributed by atoms with Crippen molar-refractivity contribution < 1.29 is 4.39 Å². The fraction of sp³-hybridized carbons (Fsp3) is 0.176. The zero-order valence-corrected chi connectivity index (χ0v) is 13.4. The molecule has 0 fully saturated rings. The van der Waals surface area contributed by atoms with Gasteiger partial charge in [0.25, 0.3) is 0 Å². The van der Waals surface area contributed by atoms with Gasteiger partial charge in [0.2, 0.25) is 0 Å². The molecular weight excluding hydrogens is 301 g/mol. The minimum Gasteiger partial charge on any atom is -0.308 e. The normalized spacial score (nSPS) is 11.0. The van der Waals surface area contributed by atoms with Crippen molar-refractivity contribution in [3.63, 3.8) is 0 Å². The van der Waals surface area contributed by atoms with Gasteiger partial charge >= 0.3 is 0 Å². The van der Waals surface area contributed by atoms with Gasteiger partial charge in [-0.15, -0.1) is 22.7 Å². The van der Waals surface area contributed by atoms with E-state index in [0.29, 0.717) is 5.56 Å². The van der Waals surface area contributed by atoms with Gasteiger partial charge in [0.15, 0.2) is 0 Å². The number of rotatable bonds is 5. The van der Waals surface area contributed by atoms with Crippen LogP contribution < -0.4 is 5.32 Å². The molecule has 3 aromatic rings. The lowest BCUT2D eigenvalue weighted by atomic mass is 10.1. The Morgan fingerprint density at radius 2 is 1.95 bits per heavy atom. The largest absolute Gasteiger partial charge is 0.308 e. The Balaban J connectivity index is 1.69. The number of hydrogen-bond acceptors (Lipinski definition) is 3. The van der Waals surface area contributed by atoms with E-state index in [1.54, 1.807) is 28.7 Å². The summed E-state index contributed by atoms with van der Waals surface area (Å²) in [6.07, 6.45) is 0. The number of hydrogen-bond donors (Lipinski definition) is 1. The van der Waals surface area contributed by atoms with E-state index in [9.17, 15) is 4.39 Å². The molecule has 2 aromatic heterocycles. The third kappa shape index (κ3) is 3.40. The molecule has 0 bridgehead atoms. The molecule has 4 heteroatoms. The predicted molar refractivity (Wildman–Crippen MR) is 89.3 cm³/mol. The third-order valence-electron chi connectivity index (χ3n) is 3.40. The quantitative estimate of drug-likeness (QED) is 0.681. The molecule has 0 amide bonds. The first-order chi connectivity index (χ1) is 10.2. The second-order valence-corrected chi connectivity index (χ2v) is 6.87. The summed E-state index contributed by atoms with van der Waals surface area (Å²) < 4.78 is 13.9. The highest BCUT2D eigenvalue weighted by Gasteiger charge is 2.07. The summed E-state index contributed by atoms with van der Waals surface area (Å²) in [5, 5.41) is 7.51. The van der Waals surface area contributed by atoms with Gasteiger partial charge in [-0.3, -0.25) is 0 Å². The first kappa shape index (κ1) is 14.4. The van der Waals surface area contributed by atoms with Crippen LogP contribution in [0.1, 0.15) is 16.0 Å². The molecule has 0 saturated carbocycles. The number of halogens is 1. The van der Waals surface area contributed by atoms with Crippen LogP contribution in [0, 0.1) is 12.7 Å². The van der Waals surface area contributed by atoms with E-state index in [-0.39, 0.29) is 5.82 Å². The number of thiophene rings is 2. The standard InChI is InChI=1S/C17H16FNS2/c1-12-6-8-21-17(12)11-19-10-13-4-5-15(18)14(9-13)16-3-2-7-20-16/h2-9,19H,10-11H2,1H3. The summed E-state index contributed by atoms with van der Waals surface area (Å²) in [5.41, 5.74) is 3.12. The molecule has 0 radical (unpaired) electrons. The van der Waals surface area contributed by atoms with Gasteiger partial charge in [-0.1, -0.05) is 12.1 Å². The average molecular weight is 317 g/mol. The van der Waals surface area contributed by atoms with Gasteiger partial charge in [0.05, 0.1) is 0 Å². The molecular formula is C17H16FNS2. The first-order valence-corrected chi connectivity index (χ1v) is 8.56. The van der Waals surface area contributed by atoms with E-state index in [1.807, 2.05) is 29.6 Å². The fourth-order valence-corrected chi connectivity index (χ4v) is 3.83. The lowest BCUT2D eigenvalue weighted by molar-refractivity contribution is 0.629. The molecule has 3 rings (SSSR count). The molecule has 21 heavy (non-hydrogen) atoms. The first-order valence-electron chi connectivity index (χ1n) is 6.80. The van der Waals surface area contributed by atoms with Crippen LogP contribution in [0.4, 0.5) is 4.39 Å². The van der Waals surface area contributed by atoms with Crippen molar-refractivity contribution >= 4 is 22.7 Å². The van der Waals surface area contributed by atoms with Gasteiger partial charge in [0.1, 0.15) is 5.82 Å². The SMILES string of the molecule is Cc1ccsc1CNCc1ccc(F)c(-c2cccs2)c1. The van der Waals surface area contributed by atoms with E-state index in [1.165, 1.54) is 10.4 Å². The molecule has 108 valence electrons. The van der Waals surface area contributed by atoms with Crippen molar-refractivity contribution in [2.45, 2.75) is 20.0 Å². The Hall–Kier alpha value is -1.49. The van der Waals surface area contributed by atoms with Crippen LogP contribution in [-0.4, -0.2) is 0 Å². The molecule has 0 unspecified atom stereocenters. The van der Waals surface area contributed by atoms with Crippen molar-refractivity contribution in [3.8, 4) is 10.4 Å². The summed E-state index contributed by atoms with van der Waals surface area (Å²) in [6, 6.07) is 11.4. The van der Waals surface area contributed by atoms with E-state index < -0.39 is 0 Å². The maximum absolute atomic E-state index is 13.9. The molecule has 0 spiro atoms. The number of aryl methyl sites for hydroxylation is 1. The summed E-state index contributed by atoms with van der Waals surface area (Å²) in [5.74, 6) is -0.157. The molecule has 2 heterocycles. The molecule has 1 nitrogen and oxygen atoms in total. The minimum atomic E-state index is -0.157. The molecule has 1 N–H and O–H groups in total. The lowest BCUT2D eigenvalue weighted by Gasteiger charge is -2.07. The highest BCUT2D eigenvalue weighted by atomic mass is 32.1. The molecule has 0 atom stereocenters. The number of nitrogens with one attached hydrogen (secondary N) is 1. The van der Waals surface area contributed by atoms with Gasteiger partial charge in [0, 0.05) is 28.4 Å². The highest BCUT2D eigenvalue weighted by Crippen LogP contribution is 2.28. The van der Waals surface area contributed by atoms with Crippen molar-refractivity contribution in [1.29, 1.82) is 0 Å². The molecule has 0 saturated heterocycles. The van der Waals surface area contributed by atoms with E-state index in [0.717, 1.165) is 23.5 Å². The van der Waals surface area contributed by atoms with Crippen LogP contribution in [0.2, 0.25) is 0 Å². The zero-order valence-electron chi connectivity index (χ0n) is 11.7. The van der Waals surface area contributed by atoms with Crippen LogP contribution in [0.25, 0.3) is 10.4 Å². The maximum Gasteiger partial charge on any atom is 0.131 e. The Morgan fingerprint density at radius 1 is 1.05 bits per heavy atom. The van der Waals surface area contributed by atoms with Crippen molar-refractivity contribution in [1.82, 2.24) is 5.32 Å². The van der Waals surface area contributed by atoms with Crippen LogP contribution in [-0.2, 0) is 13.1 Å². The highest BCUT2D eigenvalue weighted by molar-refractivity contribution is 7.13. The number of benzene rings is 1. The van der Waals surface area contributed by atoms with Crippen molar-refractivity contribution in [2.24, 2.45) is 0 Å². The fourth-order valence-electron chi connectivity index (χ4n) is 2.21. The van der Waals surface area contributed by atoms with E-state index >= 15 is 0 Å². The Morgan fingerprint density at radius 3 is 2.67 bits per heavy atom. The molecule has 0 aliphatic rings. The smallest absolute Gasteiger partial charge is 0.131 e. The maximum atomic E-state index is 13.9. The van der Waals surface area contributed by atoms with Crippen molar-refractivity contribution in [3.05, 3.63) is 69.0 Å².